The van der Waals surface area contributed by atoms with Crippen molar-refractivity contribution in [1.82, 2.24) is 15.1 Å². The van der Waals surface area contributed by atoms with E-state index in [2.05, 4.69) is 54.6 Å². The molecule has 18 heavy (non-hydrogen) atoms. The van der Waals surface area contributed by atoms with Crippen molar-refractivity contribution in [2.75, 3.05) is 6.54 Å². The van der Waals surface area contributed by atoms with Crippen LogP contribution in [0.15, 0.2) is 36.5 Å². The van der Waals surface area contributed by atoms with E-state index in [0.29, 0.717) is 0 Å². The molecule has 0 aliphatic heterocycles. The van der Waals surface area contributed by atoms with E-state index in [1.165, 1.54) is 11.1 Å². The second-order valence-corrected chi connectivity index (χ2v) is 4.46. The summed E-state index contributed by atoms with van der Waals surface area (Å²) in [7, 11) is 1.96. The first kappa shape index (κ1) is 12.8. The molecule has 0 saturated carbocycles. The number of rotatable bonds is 5. The Morgan fingerprint density at radius 1 is 1.22 bits per heavy atom. The maximum absolute atomic E-state index is 4.54. The predicted octanol–water partition coefficient (Wildman–Crippen LogP) is 2.68. The molecule has 96 valence electrons. The average molecular weight is 243 g/mol. The third kappa shape index (κ3) is 2.62. The lowest BCUT2D eigenvalue weighted by molar-refractivity contribution is 0.596. The Morgan fingerprint density at radius 3 is 2.61 bits per heavy atom. The highest BCUT2D eigenvalue weighted by Gasteiger charge is 2.17. The van der Waals surface area contributed by atoms with Crippen molar-refractivity contribution >= 4 is 0 Å². The van der Waals surface area contributed by atoms with Gasteiger partial charge >= 0.3 is 0 Å². The first-order valence-electron chi connectivity index (χ1n) is 6.57. The molecular formula is C15H21N3. The Morgan fingerprint density at radius 2 is 2.00 bits per heavy atom. The Balaban J connectivity index is 2.41. The molecule has 0 aliphatic rings. The average Bonchev–Trinajstić information content (AvgIpc) is 2.82. The van der Waals surface area contributed by atoms with Gasteiger partial charge < -0.3 is 5.32 Å². The zero-order chi connectivity index (χ0) is 13.0. The summed E-state index contributed by atoms with van der Waals surface area (Å²) in [6.45, 7) is 5.25. The van der Waals surface area contributed by atoms with E-state index in [-0.39, 0.29) is 6.04 Å². The van der Waals surface area contributed by atoms with Crippen LogP contribution in [0.2, 0.25) is 0 Å². The van der Waals surface area contributed by atoms with E-state index in [4.69, 9.17) is 0 Å². The van der Waals surface area contributed by atoms with Crippen LogP contribution >= 0.6 is 0 Å². The van der Waals surface area contributed by atoms with Crippen LogP contribution < -0.4 is 5.32 Å². The minimum Gasteiger partial charge on any atom is -0.305 e. The second kappa shape index (κ2) is 5.83. The summed E-state index contributed by atoms with van der Waals surface area (Å²) in [5.74, 6) is 0. The highest BCUT2D eigenvalue weighted by Crippen LogP contribution is 2.24. The smallest absolute Gasteiger partial charge is 0.0839 e. The van der Waals surface area contributed by atoms with Gasteiger partial charge in [-0.2, -0.15) is 5.10 Å². The van der Waals surface area contributed by atoms with Gasteiger partial charge in [0.2, 0.25) is 0 Å². The van der Waals surface area contributed by atoms with Gasteiger partial charge in [-0.05, 0) is 30.2 Å². The van der Waals surface area contributed by atoms with E-state index in [1.807, 2.05) is 17.9 Å². The van der Waals surface area contributed by atoms with Crippen molar-refractivity contribution in [2.45, 2.75) is 26.3 Å². The number of benzene rings is 1. The summed E-state index contributed by atoms with van der Waals surface area (Å²) in [5, 5.41) is 8.06. The summed E-state index contributed by atoms with van der Waals surface area (Å²) < 4.78 is 1.86. The fourth-order valence-corrected chi connectivity index (χ4v) is 2.30. The van der Waals surface area contributed by atoms with Crippen molar-refractivity contribution < 1.29 is 0 Å². The molecule has 0 amide bonds. The fraction of sp³-hybridized carbons (Fsp3) is 0.400. The molecule has 0 saturated heterocycles. The van der Waals surface area contributed by atoms with Gasteiger partial charge in [0.15, 0.2) is 0 Å². The van der Waals surface area contributed by atoms with Crippen LogP contribution in [0.5, 0.6) is 0 Å². The molecule has 1 aromatic carbocycles. The SMILES string of the molecule is CCNC(c1ccn(C)n1)c1ccccc1CC. The van der Waals surface area contributed by atoms with Crippen LogP contribution in [-0.2, 0) is 13.5 Å². The van der Waals surface area contributed by atoms with E-state index in [0.717, 1.165) is 18.7 Å². The lowest BCUT2D eigenvalue weighted by atomic mass is 9.96. The van der Waals surface area contributed by atoms with Crippen LogP contribution in [0.25, 0.3) is 0 Å². The quantitative estimate of drug-likeness (QED) is 0.875. The van der Waals surface area contributed by atoms with Gasteiger partial charge in [-0.3, -0.25) is 4.68 Å². The van der Waals surface area contributed by atoms with Crippen LogP contribution in [0.1, 0.15) is 36.7 Å². The first-order chi connectivity index (χ1) is 8.76. The first-order valence-corrected chi connectivity index (χ1v) is 6.57. The lowest BCUT2D eigenvalue weighted by Crippen LogP contribution is -2.23. The monoisotopic (exact) mass is 243 g/mol. The summed E-state index contributed by atoms with van der Waals surface area (Å²) >= 11 is 0. The molecule has 1 unspecified atom stereocenters. The number of hydrogen-bond donors (Lipinski definition) is 1. The topological polar surface area (TPSA) is 29.9 Å². The third-order valence-corrected chi connectivity index (χ3v) is 3.19. The third-order valence-electron chi connectivity index (χ3n) is 3.19. The van der Waals surface area contributed by atoms with E-state index >= 15 is 0 Å². The van der Waals surface area contributed by atoms with Crippen LogP contribution in [-0.4, -0.2) is 16.3 Å². The molecule has 2 rings (SSSR count). The summed E-state index contributed by atoms with van der Waals surface area (Å²) in [6.07, 6.45) is 3.04. The Kier molecular flexibility index (Phi) is 4.15. The number of hydrogen-bond acceptors (Lipinski definition) is 2. The van der Waals surface area contributed by atoms with Crippen molar-refractivity contribution in [3.63, 3.8) is 0 Å². The van der Waals surface area contributed by atoms with Gasteiger partial charge in [-0.1, -0.05) is 38.1 Å². The largest absolute Gasteiger partial charge is 0.305 e. The van der Waals surface area contributed by atoms with Gasteiger partial charge in [0.25, 0.3) is 0 Å². The minimum absolute atomic E-state index is 0.187. The van der Waals surface area contributed by atoms with Gasteiger partial charge in [-0.25, -0.2) is 0 Å². The molecule has 0 fully saturated rings. The predicted molar refractivity (Wildman–Crippen MR) is 74.5 cm³/mol. The zero-order valence-corrected chi connectivity index (χ0v) is 11.4. The van der Waals surface area contributed by atoms with Crippen molar-refractivity contribution in [1.29, 1.82) is 0 Å². The Bertz CT molecular complexity index is 502. The van der Waals surface area contributed by atoms with E-state index in [1.54, 1.807) is 0 Å². The minimum atomic E-state index is 0.187. The van der Waals surface area contributed by atoms with Crippen LogP contribution in [0.4, 0.5) is 0 Å². The standard InChI is InChI=1S/C15H21N3/c1-4-12-8-6-7-9-13(12)15(16-5-2)14-10-11-18(3)17-14/h6-11,15-16H,4-5H2,1-3H3. The van der Waals surface area contributed by atoms with Crippen LogP contribution in [0, 0.1) is 0 Å². The van der Waals surface area contributed by atoms with Crippen molar-refractivity contribution in [3.8, 4) is 0 Å². The molecule has 1 N–H and O–H groups in total. The molecule has 1 heterocycles. The van der Waals surface area contributed by atoms with Crippen molar-refractivity contribution in [3.05, 3.63) is 53.3 Å². The molecule has 0 aliphatic carbocycles. The van der Waals surface area contributed by atoms with Crippen molar-refractivity contribution in [2.24, 2.45) is 7.05 Å². The molecule has 0 spiro atoms. The number of aryl methyl sites for hydroxylation is 2. The number of aromatic nitrogens is 2. The Hall–Kier alpha value is -1.61. The van der Waals surface area contributed by atoms with E-state index < -0.39 is 0 Å². The molecule has 0 bridgehead atoms. The normalized spacial score (nSPS) is 12.6. The lowest BCUT2D eigenvalue weighted by Gasteiger charge is -2.19. The molecular weight excluding hydrogens is 222 g/mol. The zero-order valence-electron chi connectivity index (χ0n) is 11.4. The highest BCUT2D eigenvalue weighted by atomic mass is 15.3. The summed E-state index contributed by atoms with van der Waals surface area (Å²) in [4.78, 5) is 0. The molecule has 1 aromatic heterocycles. The number of nitrogens with zero attached hydrogens (tertiary/aromatic N) is 2. The van der Waals surface area contributed by atoms with Gasteiger partial charge in [-0.15, -0.1) is 0 Å². The van der Waals surface area contributed by atoms with Gasteiger partial charge in [0.05, 0.1) is 11.7 Å². The maximum Gasteiger partial charge on any atom is 0.0839 e. The molecule has 3 heteroatoms. The molecule has 2 aromatic rings. The summed E-state index contributed by atoms with van der Waals surface area (Å²) in [6, 6.07) is 10.9. The molecule has 3 nitrogen and oxygen atoms in total. The highest BCUT2D eigenvalue weighted by molar-refractivity contribution is 5.34. The van der Waals surface area contributed by atoms with Gasteiger partial charge in [0, 0.05) is 13.2 Å². The fourth-order valence-electron chi connectivity index (χ4n) is 2.30. The molecule has 0 radical (unpaired) electrons. The molecule has 1 atom stereocenters. The van der Waals surface area contributed by atoms with Crippen LogP contribution in [0.3, 0.4) is 0 Å². The Labute approximate surface area is 109 Å². The number of nitrogens with one attached hydrogen (secondary N) is 1. The van der Waals surface area contributed by atoms with E-state index in [9.17, 15) is 0 Å². The second-order valence-electron chi connectivity index (χ2n) is 4.46. The maximum atomic E-state index is 4.54. The summed E-state index contributed by atoms with van der Waals surface area (Å²) in [5.41, 5.74) is 3.80. The van der Waals surface area contributed by atoms with Gasteiger partial charge in [0.1, 0.15) is 0 Å².